The molecular weight excluding hydrogens is 843 g/mol. The van der Waals surface area contributed by atoms with Gasteiger partial charge in [0, 0.05) is 37.6 Å². The molecule has 2 saturated heterocycles. The fourth-order valence-corrected chi connectivity index (χ4v) is 10.6. The number of carbonyl (C=O) groups is 4. The number of allylic oxidation sites excluding steroid dienone is 1. The minimum absolute atomic E-state index is 0.0172. The van der Waals surface area contributed by atoms with Gasteiger partial charge < -0.3 is 39.2 Å². The van der Waals surface area contributed by atoms with Crippen molar-refractivity contribution in [2.75, 3.05) is 47.1 Å². The van der Waals surface area contributed by atoms with Crippen molar-refractivity contribution in [3.8, 4) is 28.0 Å². The summed E-state index contributed by atoms with van der Waals surface area (Å²) in [6, 6.07) is 4.97. The van der Waals surface area contributed by atoms with Crippen LogP contribution in [0.15, 0.2) is 41.8 Å². The van der Waals surface area contributed by atoms with E-state index in [0.717, 1.165) is 47.7 Å². The third-order valence-electron chi connectivity index (χ3n) is 12.2. The summed E-state index contributed by atoms with van der Waals surface area (Å²) in [5, 5.41) is 7.62. The molecule has 18 nitrogen and oxygen atoms in total. The van der Waals surface area contributed by atoms with E-state index in [9.17, 15) is 27.6 Å². The summed E-state index contributed by atoms with van der Waals surface area (Å²) >= 11 is 1.44. The highest BCUT2D eigenvalue weighted by Gasteiger charge is 2.62. The number of benzene rings is 1. The third-order valence-corrected chi connectivity index (χ3v) is 14.6. The molecule has 2 aliphatic carbocycles. The van der Waals surface area contributed by atoms with Crippen LogP contribution in [0.1, 0.15) is 70.6 Å². The van der Waals surface area contributed by atoms with Crippen LogP contribution >= 0.6 is 11.3 Å². The van der Waals surface area contributed by atoms with Gasteiger partial charge in [0.05, 0.1) is 49.9 Å². The lowest BCUT2D eigenvalue weighted by Gasteiger charge is -2.30. The van der Waals surface area contributed by atoms with Gasteiger partial charge in [-0.3, -0.25) is 14.4 Å². The molecule has 2 unspecified atom stereocenters. The Bertz CT molecular complexity index is 2280. The van der Waals surface area contributed by atoms with E-state index in [2.05, 4.69) is 15.4 Å². The molecule has 3 N–H and O–H groups in total. The van der Waals surface area contributed by atoms with Gasteiger partial charge in [-0.15, -0.1) is 11.3 Å². The van der Waals surface area contributed by atoms with E-state index >= 15 is 0 Å². The number of morpholine rings is 1. The Kier molecular flexibility index (Phi) is 13.2. The number of carbonyl (C=O) groups excluding carboxylic acids is 4. The minimum Gasteiger partial charge on any atom is -0.493 e. The van der Waals surface area contributed by atoms with Crippen molar-refractivity contribution in [2.24, 2.45) is 5.92 Å². The van der Waals surface area contributed by atoms with Crippen molar-refractivity contribution in [2.45, 2.75) is 100 Å². The van der Waals surface area contributed by atoms with Gasteiger partial charge in [0.25, 0.3) is 5.91 Å². The SMILES string of the molecule is COc1cc2nc(O[C@@H]3C[C@H]4C(=O)N[C@]5(C(=O)NS(=O)(=O)N6CCOCC6)CC5/C=C\CCCCCC(NC(=O)OC5CCCC5)C(=O)N4C3)c(-c3cccs3)nc2cc1OC. The summed E-state index contributed by atoms with van der Waals surface area (Å²) in [4.78, 5) is 68.8. The van der Waals surface area contributed by atoms with Gasteiger partial charge in [0.15, 0.2) is 11.5 Å². The van der Waals surface area contributed by atoms with Gasteiger partial charge in [-0.25, -0.2) is 19.5 Å². The minimum atomic E-state index is -4.26. The number of thiophene rings is 1. The summed E-state index contributed by atoms with van der Waals surface area (Å²) < 4.78 is 58.8. The fraction of sp³-hybridized carbons (Fsp3) is 0.571. The van der Waals surface area contributed by atoms with Crippen LogP contribution in [0.25, 0.3) is 21.6 Å². The van der Waals surface area contributed by atoms with Gasteiger partial charge in [-0.2, -0.15) is 12.7 Å². The standard InChI is InChI=1S/C42H53N7O11S2/c1-56-33-22-30-31(23-34(33)57-2)44-38(36(43-30)35-15-10-20-61-35)59-28-21-32-37(50)46-42(40(52)47-62(54,55)48-16-18-58-19-17-48)24-26(42)11-6-4-3-5-7-14-29(39(51)49(32)25-28)45-41(53)60-27-12-8-9-13-27/h6,10-11,15,20,22-23,26-29,32H,3-5,7-9,12-14,16-19,21,24-25H2,1-2H3,(H,45,53)(H,46,50)(H,47,52)/b11-6-/t26?,28-,29?,32+,42-/m1/s1. The van der Waals surface area contributed by atoms with Crippen molar-refractivity contribution in [3.05, 3.63) is 41.8 Å². The zero-order valence-electron chi connectivity index (χ0n) is 34.8. The lowest BCUT2D eigenvalue weighted by molar-refractivity contribution is -0.141. The maximum Gasteiger partial charge on any atom is 0.408 e. The predicted octanol–water partition coefficient (Wildman–Crippen LogP) is 3.85. The van der Waals surface area contributed by atoms with E-state index in [1.165, 1.54) is 30.5 Å². The van der Waals surface area contributed by atoms with Crippen LogP contribution in [0, 0.1) is 5.92 Å². The van der Waals surface area contributed by atoms with Crippen molar-refractivity contribution in [3.63, 3.8) is 0 Å². The monoisotopic (exact) mass is 895 g/mol. The summed E-state index contributed by atoms with van der Waals surface area (Å²) in [7, 11) is -1.21. The van der Waals surface area contributed by atoms with E-state index < -0.39 is 63.7 Å². The molecule has 5 heterocycles. The van der Waals surface area contributed by atoms with E-state index in [4.69, 9.17) is 33.7 Å². The normalized spacial score (nSPS) is 26.9. The molecule has 1 aromatic carbocycles. The predicted molar refractivity (Wildman–Crippen MR) is 227 cm³/mol. The molecule has 0 spiro atoms. The number of methoxy groups -OCH3 is 2. The van der Waals surface area contributed by atoms with Gasteiger partial charge in [-0.1, -0.05) is 31.1 Å². The first-order valence-electron chi connectivity index (χ1n) is 21.3. The maximum atomic E-state index is 14.8. The zero-order valence-corrected chi connectivity index (χ0v) is 36.5. The number of aromatic nitrogens is 2. The quantitative estimate of drug-likeness (QED) is 0.247. The smallest absolute Gasteiger partial charge is 0.408 e. The number of hydrogen-bond donors (Lipinski definition) is 3. The summed E-state index contributed by atoms with van der Waals surface area (Å²) in [6.07, 6.45) is 8.72. The Hall–Kier alpha value is -5.05. The topological polar surface area (TPSA) is 217 Å². The van der Waals surface area contributed by atoms with Crippen LogP contribution in [-0.2, 0) is 34.1 Å². The van der Waals surface area contributed by atoms with Crippen molar-refractivity contribution in [1.82, 2.24) is 34.5 Å². The number of rotatable bonds is 10. The first-order chi connectivity index (χ1) is 30.0. The molecule has 62 heavy (non-hydrogen) atoms. The molecule has 5 atom stereocenters. The Morgan fingerprint density at radius 2 is 1.69 bits per heavy atom. The fourth-order valence-electron chi connectivity index (χ4n) is 8.74. The molecule has 2 saturated carbocycles. The average molecular weight is 896 g/mol. The van der Waals surface area contributed by atoms with Crippen LogP contribution in [-0.4, -0.2) is 128 Å². The molecule has 2 aromatic heterocycles. The zero-order chi connectivity index (χ0) is 43.4. The van der Waals surface area contributed by atoms with Crippen LogP contribution in [0.2, 0.25) is 0 Å². The number of fused-ring (bicyclic) bond motifs is 3. The first-order valence-corrected chi connectivity index (χ1v) is 23.6. The van der Waals surface area contributed by atoms with E-state index in [0.29, 0.717) is 47.5 Å². The van der Waals surface area contributed by atoms with Crippen LogP contribution < -0.4 is 29.6 Å². The molecular formula is C42H53N7O11S2. The molecule has 20 heteroatoms. The number of nitrogens with one attached hydrogen (secondary N) is 3. The van der Waals surface area contributed by atoms with Gasteiger partial charge in [-0.05, 0) is 62.8 Å². The van der Waals surface area contributed by atoms with Crippen LogP contribution in [0.5, 0.6) is 17.4 Å². The second-order valence-corrected chi connectivity index (χ2v) is 18.9. The Morgan fingerprint density at radius 3 is 2.40 bits per heavy atom. The van der Waals surface area contributed by atoms with Crippen molar-refractivity contribution < 1.29 is 51.3 Å². The second-order valence-electron chi connectivity index (χ2n) is 16.3. The van der Waals surface area contributed by atoms with Gasteiger partial charge >= 0.3 is 16.3 Å². The lowest BCUT2D eigenvalue weighted by atomic mass is 10.0. The third kappa shape index (κ3) is 9.47. The largest absolute Gasteiger partial charge is 0.493 e. The Balaban J connectivity index is 1.12. The summed E-state index contributed by atoms with van der Waals surface area (Å²) in [6.45, 7) is 0.456. The molecule has 3 aromatic rings. The van der Waals surface area contributed by atoms with E-state index in [1.807, 2.05) is 29.7 Å². The second kappa shape index (κ2) is 18.7. The number of amides is 4. The first kappa shape index (κ1) is 43.6. The molecule has 4 amide bonds. The molecule has 0 bridgehead atoms. The van der Waals surface area contributed by atoms with Crippen molar-refractivity contribution in [1.29, 1.82) is 0 Å². The van der Waals surface area contributed by atoms with Crippen LogP contribution in [0.3, 0.4) is 0 Å². The summed E-state index contributed by atoms with van der Waals surface area (Å²) in [5.74, 6) is -1.46. The lowest BCUT2D eigenvalue weighted by Crippen LogP contribution is -2.59. The van der Waals surface area contributed by atoms with Crippen molar-refractivity contribution >= 4 is 56.4 Å². The highest BCUT2D eigenvalue weighted by atomic mass is 32.2. The average Bonchev–Trinajstić information content (AvgIpc) is 3.76. The molecule has 4 fully saturated rings. The molecule has 0 radical (unpaired) electrons. The van der Waals surface area contributed by atoms with Crippen LogP contribution in [0.4, 0.5) is 4.79 Å². The molecule has 3 aliphatic heterocycles. The molecule has 5 aliphatic rings. The molecule has 8 rings (SSSR count). The Labute approximate surface area is 364 Å². The maximum absolute atomic E-state index is 14.8. The van der Waals surface area contributed by atoms with Gasteiger partial charge in [0.2, 0.25) is 17.7 Å². The Morgan fingerprint density at radius 1 is 0.968 bits per heavy atom. The number of hydrogen-bond acceptors (Lipinski definition) is 14. The van der Waals surface area contributed by atoms with E-state index in [-0.39, 0.29) is 57.7 Å². The van der Waals surface area contributed by atoms with E-state index in [1.54, 1.807) is 12.1 Å². The number of nitrogens with zero attached hydrogens (tertiary/aromatic N) is 4. The molecule has 334 valence electrons. The number of alkyl carbamates (subject to hydrolysis) is 1. The highest BCUT2D eigenvalue weighted by molar-refractivity contribution is 7.87. The number of ether oxygens (including phenoxy) is 5. The summed E-state index contributed by atoms with van der Waals surface area (Å²) in [5.41, 5.74) is -0.172. The van der Waals surface area contributed by atoms with Gasteiger partial charge in [0.1, 0.15) is 35.5 Å². The highest BCUT2D eigenvalue weighted by Crippen LogP contribution is 2.46.